The molecular weight excluding hydrogens is 348 g/mol. The summed E-state index contributed by atoms with van der Waals surface area (Å²) < 4.78 is 5.61. The first-order chi connectivity index (χ1) is 11.5. The van der Waals surface area contributed by atoms with Gasteiger partial charge in [-0.3, -0.25) is 9.89 Å². The van der Waals surface area contributed by atoms with Crippen LogP contribution in [0.4, 0.5) is 0 Å². The number of amides is 1. The van der Waals surface area contributed by atoms with Crippen molar-refractivity contribution in [1.29, 1.82) is 0 Å². The van der Waals surface area contributed by atoms with Crippen molar-refractivity contribution in [3.8, 4) is 5.75 Å². The van der Waals surface area contributed by atoms with Crippen molar-refractivity contribution >= 4 is 29.3 Å². The van der Waals surface area contributed by atoms with E-state index < -0.39 is 0 Å². The Labute approximate surface area is 150 Å². The number of thioether (sulfide) groups is 1. The maximum Gasteiger partial charge on any atom is 0.235 e. The zero-order chi connectivity index (χ0) is 17.5. The average molecular weight is 369 g/mol. The fraction of sp³-hybridized carbons (Fsp3) is 0.438. The average Bonchev–Trinajstić information content (AvgIpc) is 3.02. The maximum absolute atomic E-state index is 12.3. The number of rotatable bonds is 8. The molecule has 1 aromatic heterocycles. The molecule has 0 aliphatic rings. The highest BCUT2D eigenvalue weighted by atomic mass is 35.5. The topological polar surface area (TPSA) is 71.1 Å². The quantitative estimate of drug-likeness (QED) is 0.723. The van der Waals surface area contributed by atoms with Gasteiger partial charge in [-0.25, -0.2) is 4.98 Å². The Bertz CT molecular complexity index is 658. The Balaban J connectivity index is 1.88. The van der Waals surface area contributed by atoms with Gasteiger partial charge >= 0.3 is 0 Å². The van der Waals surface area contributed by atoms with Gasteiger partial charge in [-0.1, -0.05) is 23.4 Å². The summed E-state index contributed by atoms with van der Waals surface area (Å²) in [7, 11) is 0. The molecule has 0 saturated carbocycles. The van der Waals surface area contributed by atoms with E-state index in [1.807, 2.05) is 20.8 Å². The van der Waals surface area contributed by atoms with Crippen molar-refractivity contribution < 1.29 is 9.53 Å². The molecule has 0 spiro atoms. The van der Waals surface area contributed by atoms with Crippen LogP contribution in [-0.4, -0.2) is 44.3 Å². The predicted molar refractivity (Wildman–Crippen MR) is 95.4 cm³/mol. The molecule has 6 nitrogen and oxygen atoms in total. The summed E-state index contributed by atoms with van der Waals surface area (Å²) >= 11 is 7.17. The van der Waals surface area contributed by atoms with E-state index in [2.05, 4.69) is 15.2 Å². The summed E-state index contributed by atoms with van der Waals surface area (Å²) in [5, 5.41) is 7.93. The summed E-state index contributed by atoms with van der Waals surface area (Å²) in [6, 6.07) is 7.11. The standard InChI is InChI=1S/C16H21ClN4O2S/c1-4-21(5-2)15(22)11(3)24-16-18-14(19-20-16)10-23-13-8-6-12(17)7-9-13/h6-9,11H,4-5,10H2,1-3H3,(H,18,19,20). The summed E-state index contributed by atoms with van der Waals surface area (Å²) in [5.74, 6) is 1.40. The highest BCUT2D eigenvalue weighted by Crippen LogP contribution is 2.21. The SMILES string of the molecule is CCN(CC)C(=O)C(C)Sc1n[nH]c(COc2ccc(Cl)cc2)n1. The number of aromatic nitrogens is 3. The van der Waals surface area contributed by atoms with Crippen LogP contribution in [0.5, 0.6) is 5.75 Å². The van der Waals surface area contributed by atoms with E-state index in [0.29, 0.717) is 34.8 Å². The van der Waals surface area contributed by atoms with E-state index in [-0.39, 0.29) is 17.8 Å². The number of nitrogens with one attached hydrogen (secondary N) is 1. The third-order valence-electron chi connectivity index (χ3n) is 3.41. The molecule has 2 aromatic rings. The number of aromatic amines is 1. The van der Waals surface area contributed by atoms with Crippen LogP contribution < -0.4 is 4.74 Å². The Kier molecular flexibility index (Phi) is 6.93. The number of carbonyl (C=O) groups excluding carboxylic acids is 1. The van der Waals surface area contributed by atoms with E-state index in [9.17, 15) is 4.79 Å². The maximum atomic E-state index is 12.3. The van der Waals surface area contributed by atoms with Gasteiger partial charge < -0.3 is 9.64 Å². The molecule has 1 amide bonds. The van der Waals surface area contributed by atoms with Crippen molar-refractivity contribution in [2.75, 3.05) is 13.1 Å². The summed E-state index contributed by atoms with van der Waals surface area (Å²) in [6.45, 7) is 7.48. The second kappa shape index (κ2) is 8.94. The van der Waals surface area contributed by atoms with Crippen molar-refractivity contribution in [2.24, 2.45) is 0 Å². The van der Waals surface area contributed by atoms with Crippen molar-refractivity contribution in [3.05, 3.63) is 35.1 Å². The molecule has 0 aliphatic carbocycles. The number of carbonyl (C=O) groups is 1. The van der Waals surface area contributed by atoms with Crippen LogP contribution in [0, 0.1) is 0 Å². The van der Waals surface area contributed by atoms with Gasteiger partial charge in [0.05, 0.1) is 5.25 Å². The lowest BCUT2D eigenvalue weighted by Crippen LogP contribution is -2.36. The van der Waals surface area contributed by atoms with Gasteiger partial charge in [0.1, 0.15) is 12.4 Å². The molecule has 130 valence electrons. The minimum absolute atomic E-state index is 0.0914. The first kappa shape index (κ1) is 18.6. The summed E-state index contributed by atoms with van der Waals surface area (Å²) in [4.78, 5) is 18.4. The minimum Gasteiger partial charge on any atom is -0.486 e. The van der Waals surface area contributed by atoms with Crippen molar-refractivity contribution in [1.82, 2.24) is 20.1 Å². The zero-order valence-corrected chi connectivity index (χ0v) is 15.5. The van der Waals surface area contributed by atoms with Gasteiger partial charge in [0.25, 0.3) is 0 Å². The highest BCUT2D eigenvalue weighted by molar-refractivity contribution is 8.00. The molecule has 1 N–H and O–H groups in total. The third-order valence-corrected chi connectivity index (χ3v) is 4.61. The van der Waals surface area contributed by atoms with E-state index >= 15 is 0 Å². The van der Waals surface area contributed by atoms with Crippen molar-refractivity contribution in [2.45, 2.75) is 37.8 Å². The molecule has 0 radical (unpaired) electrons. The number of H-pyrrole nitrogens is 1. The molecule has 24 heavy (non-hydrogen) atoms. The largest absolute Gasteiger partial charge is 0.486 e. The first-order valence-corrected chi connectivity index (χ1v) is 9.04. The van der Waals surface area contributed by atoms with E-state index in [0.717, 1.165) is 0 Å². The van der Waals surface area contributed by atoms with Crippen LogP contribution in [-0.2, 0) is 11.4 Å². The molecule has 0 saturated heterocycles. The van der Waals surface area contributed by atoms with Crippen LogP contribution >= 0.6 is 23.4 Å². The number of ether oxygens (including phenoxy) is 1. The molecule has 8 heteroatoms. The summed E-state index contributed by atoms with van der Waals surface area (Å²) in [6.07, 6.45) is 0. The fourth-order valence-electron chi connectivity index (χ4n) is 2.08. The van der Waals surface area contributed by atoms with Crippen LogP contribution in [0.25, 0.3) is 0 Å². The van der Waals surface area contributed by atoms with Gasteiger partial charge in [0, 0.05) is 18.1 Å². The molecule has 2 rings (SSSR count). The van der Waals surface area contributed by atoms with E-state index in [4.69, 9.17) is 16.3 Å². The molecular formula is C16H21ClN4O2S. The van der Waals surface area contributed by atoms with E-state index in [1.54, 1.807) is 29.2 Å². The Morgan fingerprint density at radius 2 is 2.00 bits per heavy atom. The zero-order valence-electron chi connectivity index (χ0n) is 14.0. The minimum atomic E-state index is -0.231. The molecule has 0 bridgehead atoms. The normalized spacial score (nSPS) is 12.0. The highest BCUT2D eigenvalue weighted by Gasteiger charge is 2.21. The van der Waals surface area contributed by atoms with Gasteiger partial charge in [0.2, 0.25) is 11.1 Å². The van der Waals surface area contributed by atoms with Crippen LogP contribution in [0.3, 0.4) is 0 Å². The predicted octanol–water partition coefficient (Wildman–Crippen LogP) is 3.39. The van der Waals surface area contributed by atoms with Crippen LogP contribution in [0.2, 0.25) is 5.02 Å². The van der Waals surface area contributed by atoms with E-state index in [1.165, 1.54) is 11.8 Å². The monoisotopic (exact) mass is 368 g/mol. The van der Waals surface area contributed by atoms with Gasteiger partial charge in [0.15, 0.2) is 5.82 Å². The molecule has 0 fully saturated rings. The Hall–Kier alpha value is -1.73. The Morgan fingerprint density at radius 1 is 1.33 bits per heavy atom. The number of benzene rings is 1. The number of nitrogens with zero attached hydrogens (tertiary/aromatic N) is 3. The number of hydrogen-bond acceptors (Lipinski definition) is 5. The third kappa shape index (κ3) is 5.14. The van der Waals surface area contributed by atoms with Crippen molar-refractivity contribution in [3.63, 3.8) is 0 Å². The van der Waals surface area contributed by atoms with Gasteiger partial charge in [-0.05, 0) is 45.0 Å². The lowest BCUT2D eigenvalue weighted by molar-refractivity contribution is -0.129. The van der Waals surface area contributed by atoms with Gasteiger partial charge in [-0.15, -0.1) is 5.10 Å². The smallest absolute Gasteiger partial charge is 0.235 e. The number of halogens is 1. The molecule has 1 atom stereocenters. The second-order valence-electron chi connectivity index (χ2n) is 5.08. The lowest BCUT2D eigenvalue weighted by Gasteiger charge is -2.21. The fourth-order valence-corrected chi connectivity index (χ4v) is 3.03. The van der Waals surface area contributed by atoms with Gasteiger partial charge in [-0.2, -0.15) is 0 Å². The van der Waals surface area contributed by atoms with Crippen LogP contribution in [0.15, 0.2) is 29.4 Å². The molecule has 1 heterocycles. The first-order valence-electron chi connectivity index (χ1n) is 7.78. The second-order valence-corrected chi connectivity index (χ2v) is 6.82. The molecule has 0 aliphatic heterocycles. The van der Waals surface area contributed by atoms with Crippen LogP contribution in [0.1, 0.15) is 26.6 Å². The molecule has 1 unspecified atom stereocenters. The Morgan fingerprint density at radius 3 is 2.62 bits per heavy atom. The number of hydrogen-bond donors (Lipinski definition) is 1. The lowest BCUT2D eigenvalue weighted by atomic mass is 10.3. The summed E-state index contributed by atoms with van der Waals surface area (Å²) in [5.41, 5.74) is 0. The molecule has 1 aromatic carbocycles.